The van der Waals surface area contributed by atoms with E-state index in [0.29, 0.717) is 24.9 Å². The Balaban J connectivity index is 1.53. The summed E-state index contributed by atoms with van der Waals surface area (Å²) < 4.78 is 5.29. The van der Waals surface area contributed by atoms with Gasteiger partial charge in [-0.25, -0.2) is 0 Å². The average molecular weight is 259 g/mol. The number of ketones is 1. The summed E-state index contributed by atoms with van der Waals surface area (Å²) in [5, 5.41) is 0. The SMILES string of the molecule is O=C(CN1CCC(c2ccccc2)C1)C1CCOC1. The van der Waals surface area contributed by atoms with Crippen LogP contribution in [0.15, 0.2) is 30.3 Å². The quantitative estimate of drug-likeness (QED) is 0.829. The highest BCUT2D eigenvalue weighted by Crippen LogP contribution is 2.27. The first-order valence-electron chi connectivity index (χ1n) is 7.20. The predicted molar refractivity (Wildman–Crippen MR) is 74.2 cm³/mol. The lowest BCUT2D eigenvalue weighted by Crippen LogP contribution is -2.31. The number of nitrogens with zero attached hydrogens (tertiary/aromatic N) is 1. The molecule has 0 radical (unpaired) electrons. The Kier molecular flexibility index (Phi) is 3.95. The van der Waals surface area contributed by atoms with Gasteiger partial charge in [0.05, 0.1) is 13.2 Å². The number of carbonyl (C=O) groups is 1. The maximum atomic E-state index is 12.1. The number of benzene rings is 1. The van der Waals surface area contributed by atoms with Crippen LogP contribution < -0.4 is 0 Å². The Morgan fingerprint density at radius 1 is 1.26 bits per heavy atom. The van der Waals surface area contributed by atoms with Gasteiger partial charge in [0, 0.05) is 19.1 Å². The second-order valence-electron chi connectivity index (χ2n) is 5.66. The number of rotatable bonds is 4. The molecule has 1 aromatic carbocycles. The number of hydrogen-bond acceptors (Lipinski definition) is 3. The van der Waals surface area contributed by atoms with Crippen LogP contribution in [-0.4, -0.2) is 43.5 Å². The molecule has 0 aliphatic carbocycles. The predicted octanol–water partition coefficient (Wildman–Crippen LogP) is 2.08. The highest BCUT2D eigenvalue weighted by Gasteiger charge is 2.29. The summed E-state index contributed by atoms with van der Waals surface area (Å²) >= 11 is 0. The van der Waals surface area contributed by atoms with E-state index in [1.807, 2.05) is 0 Å². The molecule has 0 saturated carbocycles. The van der Waals surface area contributed by atoms with Gasteiger partial charge in [-0.1, -0.05) is 30.3 Å². The van der Waals surface area contributed by atoms with E-state index in [-0.39, 0.29) is 5.92 Å². The van der Waals surface area contributed by atoms with Crippen molar-refractivity contribution in [1.82, 2.24) is 4.90 Å². The molecule has 19 heavy (non-hydrogen) atoms. The van der Waals surface area contributed by atoms with Gasteiger partial charge in [-0.15, -0.1) is 0 Å². The van der Waals surface area contributed by atoms with Gasteiger partial charge in [0.25, 0.3) is 0 Å². The van der Waals surface area contributed by atoms with Gasteiger partial charge in [-0.05, 0) is 30.9 Å². The normalized spacial score (nSPS) is 27.8. The van der Waals surface area contributed by atoms with Crippen molar-refractivity contribution >= 4 is 5.78 Å². The first-order chi connectivity index (χ1) is 9.33. The van der Waals surface area contributed by atoms with Crippen molar-refractivity contribution in [1.29, 1.82) is 0 Å². The minimum atomic E-state index is 0.149. The van der Waals surface area contributed by atoms with Crippen LogP contribution in [0.1, 0.15) is 24.3 Å². The van der Waals surface area contributed by atoms with Crippen molar-refractivity contribution in [2.75, 3.05) is 32.8 Å². The molecule has 0 N–H and O–H groups in total. The van der Waals surface area contributed by atoms with Gasteiger partial charge in [-0.3, -0.25) is 9.69 Å². The summed E-state index contributed by atoms with van der Waals surface area (Å²) in [7, 11) is 0. The van der Waals surface area contributed by atoms with Crippen LogP contribution in [0.2, 0.25) is 0 Å². The minimum Gasteiger partial charge on any atom is -0.381 e. The highest BCUT2D eigenvalue weighted by molar-refractivity contribution is 5.83. The molecule has 0 bridgehead atoms. The summed E-state index contributed by atoms with van der Waals surface area (Å²) in [6, 6.07) is 10.6. The summed E-state index contributed by atoms with van der Waals surface area (Å²) in [6.45, 7) is 4.05. The second kappa shape index (κ2) is 5.85. The van der Waals surface area contributed by atoms with E-state index in [2.05, 4.69) is 35.2 Å². The molecular formula is C16H21NO2. The monoisotopic (exact) mass is 259 g/mol. The molecule has 3 nitrogen and oxygen atoms in total. The molecule has 0 amide bonds. The van der Waals surface area contributed by atoms with Crippen LogP contribution in [-0.2, 0) is 9.53 Å². The van der Waals surface area contributed by atoms with Crippen LogP contribution >= 0.6 is 0 Å². The number of hydrogen-bond donors (Lipinski definition) is 0. The summed E-state index contributed by atoms with van der Waals surface area (Å²) in [5.41, 5.74) is 1.40. The Hall–Kier alpha value is -1.19. The van der Waals surface area contributed by atoms with E-state index in [4.69, 9.17) is 4.74 Å². The van der Waals surface area contributed by atoms with Crippen molar-refractivity contribution in [3.8, 4) is 0 Å². The third-order valence-corrected chi connectivity index (χ3v) is 4.31. The summed E-state index contributed by atoms with van der Waals surface area (Å²) in [6.07, 6.45) is 2.08. The number of likely N-dealkylation sites (tertiary alicyclic amines) is 1. The topological polar surface area (TPSA) is 29.5 Å². The van der Waals surface area contributed by atoms with Crippen molar-refractivity contribution in [2.45, 2.75) is 18.8 Å². The molecule has 2 heterocycles. The van der Waals surface area contributed by atoms with E-state index in [1.54, 1.807) is 0 Å². The van der Waals surface area contributed by atoms with E-state index in [0.717, 1.165) is 26.1 Å². The van der Waals surface area contributed by atoms with Crippen molar-refractivity contribution in [3.63, 3.8) is 0 Å². The lowest BCUT2D eigenvalue weighted by Gasteiger charge is -2.17. The van der Waals surface area contributed by atoms with Gasteiger partial charge in [0.1, 0.15) is 0 Å². The van der Waals surface area contributed by atoms with Crippen molar-refractivity contribution in [3.05, 3.63) is 35.9 Å². The van der Waals surface area contributed by atoms with Gasteiger partial charge in [-0.2, -0.15) is 0 Å². The van der Waals surface area contributed by atoms with Gasteiger partial charge in [0.2, 0.25) is 0 Å². The third-order valence-electron chi connectivity index (χ3n) is 4.31. The first kappa shape index (κ1) is 12.8. The average Bonchev–Trinajstić information content (AvgIpc) is 3.11. The fourth-order valence-corrected chi connectivity index (χ4v) is 3.11. The minimum absolute atomic E-state index is 0.149. The van der Waals surface area contributed by atoms with E-state index in [1.165, 1.54) is 12.0 Å². The molecule has 102 valence electrons. The Bertz CT molecular complexity index is 426. The lowest BCUT2D eigenvalue weighted by atomic mass is 9.99. The van der Waals surface area contributed by atoms with Crippen molar-refractivity contribution in [2.24, 2.45) is 5.92 Å². The zero-order valence-corrected chi connectivity index (χ0v) is 11.3. The number of Topliss-reactive ketones (excluding diaryl/α,β-unsaturated/α-hetero) is 1. The van der Waals surface area contributed by atoms with Gasteiger partial charge >= 0.3 is 0 Å². The van der Waals surface area contributed by atoms with E-state index in [9.17, 15) is 4.79 Å². The molecule has 1 aromatic rings. The smallest absolute Gasteiger partial charge is 0.152 e. The Morgan fingerprint density at radius 2 is 2.11 bits per heavy atom. The summed E-state index contributed by atoms with van der Waals surface area (Å²) in [5.74, 6) is 1.11. The van der Waals surface area contributed by atoms with Gasteiger partial charge < -0.3 is 4.74 Å². The number of ether oxygens (including phenoxy) is 1. The van der Waals surface area contributed by atoms with Crippen molar-refractivity contribution < 1.29 is 9.53 Å². The molecule has 2 atom stereocenters. The van der Waals surface area contributed by atoms with Gasteiger partial charge in [0.15, 0.2) is 5.78 Å². The highest BCUT2D eigenvalue weighted by atomic mass is 16.5. The van der Waals surface area contributed by atoms with E-state index < -0.39 is 0 Å². The molecule has 2 aliphatic rings. The zero-order valence-electron chi connectivity index (χ0n) is 11.3. The molecule has 2 saturated heterocycles. The standard InChI is InChI=1S/C16H21NO2/c18-16(15-7-9-19-12-15)11-17-8-6-14(10-17)13-4-2-1-3-5-13/h1-5,14-15H,6-12H2. The molecule has 2 aliphatic heterocycles. The fraction of sp³-hybridized carbons (Fsp3) is 0.562. The molecule has 2 unspecified atom stereocenters. The third kappa shape index (κ3) is 3.04. The molecule has 2 fully saturated rings. The van der Waals surface area contributed by atoms with Crippen LogP contribution in [0.5, 0.6) is 0 Å². The number of carbonyl (C=O) groups excluding carboxylic acids is 1. The molecule has 0 spiro atoms. The van der Waals surface area contributed by atoms with Crippen LogP contribution in [0.3, 0.4) is 0 Å². The van der Waals surface area contributed by atoms with Crippen LogP contribution in [0.4, 0.5) is 0 Å². The molecule has 0 aromatic heterocycles. The lowest BCUT2D eigenvalue weighted by molar-refractivity contribution is -0.123. The molecular weight excluding hydrogens is 238 g/mol. The van der Waals surface area contributed by atoms with E-state index >= 15 is 0 Å². The Labute approximate surface area is 114 Å². The zero-order chi connectivity index (χ0) is 13.1. The first-order valence-corrected chi connectivity index (χ1v) is 7.20. The maximum Gasteiger partial charge on any atom is 0.152 e. The Morgan fingerprint density at radius 3 is 2.84 bits per heavy atom. The fourth-order valence-electron chi connectivity index (χ4n) is 3.11. The largest absolute Gasteiger partial charge is 0.381 e. The van der Waals surface area contributed by atoms with Crippen LogP contribution in [0.25, 0.3) is 0 Å². The maximum absolute atomic E-state index is 12.1. The summed E-state index contributed by atoms with van der Waals surface area (Å²) in [4.78, 5) is 14.4. The van der Waals surface area contributed by atoms with Crippen LogP contribution in [0, 0.1) is 5.92 Å². The second-order valence-corrected chi connectivity index (χ2v) is 5.66. The molecule has 3 heteroatoms. The molecule has 3 rings (SSSR count).